The van der Waals surface area contributed by atoms with Gasteiger partial charge in [0.15, 0.2) is 5.84 Å². The van der Waals surface area contributed by atoms with E-state index in [0.717, 1.165) is 30.6 Å². The second-order valence-corrected chi connectivity index (χ2v) is 7.97. The molecule has 0 amide bonds. The van der Waals surface area contributed by atoms with E-state index in [1.54, 1.807) is 18.2 Å². The molecule has 0 bridgehead atoms. The van der Waals surface area contributed by atoms with Gasteiger partial charge >= 0.3 is 0 Å². The van der Waals surface area contributed by atoms with E-state index >= 15 is 0 Å². The lowest BCUT2D eigenvalue weighted by Crippen LogP contribution is -2.24. The molecule has 0 unspecified atom stereocenters. The number of hydrogen-bond acceptors (Lipinski definition) is 10. The first-order valence-electron chi connectivity index (χ1n) is 10.4. The number of nitrogens with zero attached hydrogens (tertiary/aromatic N) is 6. The molecule has 2 aromatic rings. The number of aliphatic hydroxyl groups is 1. The Kier molecular flexibility index (Phi) is 6.32. The highest BCUT2D eigenvalue weighted by Gasteiger charge is 2.29. The SMILES string of the molecule is N=NC(=NN)c1cc(N2CC[C@H](OCC3CC3)C2)c2cc(C(N=N)=NN)c(CO)cc2n1. The standard InChI is InChI=1S/C20H26N10O2/c21-26-19(27-22)14-6-15-16(5-12(14)9-31)25-17(20(28-23)29-24)7-18(15)30-4-3-13(8-30)32-10-11-1-2-11/h5-7,11,13,21,23,31H,1-4,8-10,22,24H2/t13-/m0/s1. The van der Waals surface area contributed by atoms with Crippen LogP contribution in [0.25, 0.3) is 10.9 Å². The number of ether oxygens (including phenoxy) is 1. The van der Waals surface area contributed by atoms with Gasteiger partial charge in [0.05, 0.1) is 18.2 Å². The highest BCUT2D eigenvalue weighted by atomic mass is 16.5. The van der Waals surface area contributed by atoms with E-state index in [0.29, 0.717) is 34.8 Å². The van der Waals surface area contributed by atoms with Gasteiger partial charge in [-0.25, -0.2) is 16.0 Å². The number of aromatic nitrogens is 1. The van der Waals surface area contributed by atoms with Crippen LogP contribution in [0.5, 0.6) is 0 Å². The molecule has 1 aliphatic carbocycles. The third-order valence-corrected chi connectivity index (χ3v) is 5.86. The molecule has 1 saturated heterocycles. The normalized spacial score (nSPS) is 19.5. The molecule has 1 atom stereocenters. The molecule has 2 fully saturated rings. The van der Waals surface area contributed by atoms with Crippen LogP contribution in [0.2, 0.25) is 0 Å². The fourth-order valence-electron chi connectivity index (χ4n) is 3.96. The molecule has 1 saturated carbocycles. The van der Waals surface area contributed by atoms with Gasteiger partial charge in [0.2, 0.25) is 5.84 Å². The number of pyridine rings is 1. The second kappa shape index (κ2) is 9.32. The zero-order valence-electron chi connectivity index (χ0n) is 17.5. The van der Waals surface area contributed by atoms with Crippen LogP contribution in [0.4, 0.5) is 5.69 Å². The maximum Gasteiger partial charge on any atom is 0.218 e. The number of anilines is 1. The number of aliphatic hydroxyl groups excluding tert-OH is 1. The van der Waals surface area contributed by atoms with E-state index in [-0.39, 0.29) is 24.4 Å². The molecule has 0 spiro atoms. The largest absolute Gasteiger partial charge is 0.392 e. The van der Waals surface area contributed by atoms with Crippen LogP contribution in [-0.4, -0.2) is 47.6 Å². The highest BCUT2D eigenvalue weighted by molar-refractivity contribution is 6.07. The van der Waals surface area contributed by atoms with Gasteiger partial charge in [0.1, 0.15) is 5.69 Å². The lowest BCUT2D eigenvalue weighted by atomic mass is 10.0. The predicted molar refractivity (Wildman–Crippen MR) is 119 cm³/mol. The Hall–Kier alpha value is -3.51. The number of hydrogen-bond donors (Lipinski definition) is 5. The topological polar surface area (TPSA) is 195 Å². The molecule has 1 aliphatic heterocycles. The maximum absolute atomic E-state index is 9.87. The zero-order valence-corrected chi connectivity index (χ0v) is 17.5. The molecule has 2 heterocycles. The number of fused-ring (bicyclic) bond motifs is 1. The third kappa shape index (κ3) is 4.27. The first-order valence-corrected chi connectivity index (χ1v) is 10.4. The lowest BCUT2D eigenvalue weighted by molar-refractivity contribution is 0.0605. The summed E-state index contributed by atoms with van der Waals surface area (Å²) < 4.78 is 6.09. The molecular formula is C20H26N10O2. The van der Waals surface area contributed by atoms with Crippen molar-refractivity contribution in [3.05, 3.63) is 35.0 Å². The van der Waals surface area contributed by atoms with Crippen LogP contribution >= 0.6 is 0 Å². The minimum Gasteiger partial charge on any atom is -0.392 e. The summed E-state index contributed by atoms with van der Waals surface area (Å²) in [6, 6.07) is 5.24. The molecule has 12 heteroatoms. The van der Waals surface area contributed by atoms with Gasteiger partial charge in [-0.05, 0) is 48.9 Å². The van der Waals surface area contributed by atoms with Crippen molar-refractivity contribution in [2.75, 3.05) is 24.6 Å². The van der Waals surface area contributed by atoms with Crippen LogP contribution in [0.3, 0.4) is 0 Å². The number of benzene rings is 1. The third-order valence-electron chi connectivity index (χ3n) is 5.86. The van der Waals surface area contributed by atoms with E-state index in [2.05, 4.69) is 30.3 Å². The molecule has 32 heavy (non-hydrogen) atoms. The highest BCUT2D eigenvalue weighted by Crippen LogP contribution is 2.34. The Morgan fingerprint density at radius 2 is 1.88 bits per heavy atom. The fourth-order valence-corrected chi connectivity index (χ4v) is 3.96. The molecular weight excluding hydrogens is 412 g/mol. The van der Waals surface area contributed by atoms with Crippen molar-refractivity contribution >= 4 is 28.3 Å². The van der Waals surface area contributed by atoms with E-state index in [1.165, 1.54) is 12.8 Å². The lowest BCUT2D eigenvalue weighted by Gasteiger charge is -2.22. The van der Waals surface area contributed by atoms with Gasteiger partial charge < -0.3 is 26.4 Å². The summed E-state index contributed by atoms with van der Waals surface area (Å²) in [5, 5.41) is 24.5. The average molecular weight is 438 g/mol. The van der Waals surface area contributed by atoms with Crippen LogP contribution < -0.4 is 16.6 Å². The first kappa shape index (κ1) is 21.7. The van der Waals surface area contributed by atoms with Crippen molar-refractivity contribution < 1.29 is 9.84 Å². The molecule has 4 rings (SSSR count). The fraction of sp³-hybridized carbons (Fsp3) is 0.450. The summed E-state index contributed by atoms with van der Waals surface area (Å²) in [5.74, 6) is 11.5. The Morgan fingerprint density at radius 3 is 2.50 bits per heavy atom. The first-order chi connectivity index (χ1) is 15.6. The number of amidine groups is 2. The molecule has 1 aromatic carbocycles. The van der Waals surface area contributed by atoms with E-state index < -0.39 is 0 Å². The van der Waals surface area contributed by atoms with Crippen molar-refractivity contribution in [3.8, 4) is 0 Å². The van der Waals surface area contributed by atoms with Gasteiger partial charge in [-0.15, -0.1) is 10.2 Å². The molecule has 7 N–H and O–H groups in total. The van der Waals surface area contributed by atoms with E-state index in [9.17, 15) is 5.11 Å². The predicted octanol–water partition coefficient (Wildman–Crippen LogP) is 2.03. The van der Waals surface area contributed by atoms with E-state index in [1.807, 2.05) is 0 Å². The number of nitrogens with one attached hydrogen (secondary N) is 2. The summed E-state index contributed by atoms with van der Waals surface area (Å²) in [5.41, 5.74) is 17.4. The van der Waals surface area contributed by atoms with Crippen molar-refractivity contribution in [2.45, 2.75) is 32.0 Å². The van der Waals surface area contributed by atoms with Crippen LogP contribution in [-0.2, 0) is 11.3 Å². The molecule has 1 aromatic heterocycles. The quantitative estimate of drug-likeness (QED) is 0.144. The van der Waals surface area contributed by atoms with Crippen molar-refractivity contribution in [3.63, 3.8) is 0 Å². The summed E-state index contributed by atoms with van der Waals surface area (Å²) in [7, 11) is 0. The summed E-state index contributed by atoms with van der Waals surface area (Å²) in [4.78, 5) is 6.74. The summed E-state index contributed by atoms with van der Waals surface area (Å²) >= 11 is 0. The van der Waals surface area contributed by atoms with Gasteiger partial charge in [0, 0.05) is 36.3 Å². The van der Waals surface area contributed by atoms with Gasteiger partial charge in [0.25, 0.3) is 0 Å². The zero-order chi connectivity index (χ0) is 22.7. The van der Waals surface area contributed by atoms with E-state index in [4.69, 9.17) is 27.5 Å². The smallest absolute Gasteiger partial charge is 0.218 e. The molecule has 168 valence electrons. The Morgan fingerprint density at radius 1 is 1.12 bits per heavy atom. The number of hydrazone groups is 2. The maximum atomic E-state index is 9.87. The second-order valence-electron chi connectivity index (χ2n) is 7.97. The average Bonchev–Trinajstić information content (AvgIpc) is 3.54. The molecule has 0 radical (unpaired) electrons. The van der Waals surface area contributed by atoms with Gasteiger partial charge in [-0.2, -0.15) is 10.2 Å². The van der Waals surface area contributed by atoms with Crippen LogP contribution in [0, 0.1) is 17.0 Å². The number of nitrogens with two attached hydrogens (primary N) is 2. The minimum absolute atomic E-state index is 0.00316. The monoisotopic (exact) mass is 438 g/mol. The molecule has 12 nitrogen and oxygen atoms in total. The Labute approximate surface area is 184 Å². The summed E-state index contributed by atoms with van der Waals surface area (Å²) in [6.45, 7) is 1.96. The van der Waals surface area contributed by atoms with Crippen LogP contribution in [0.15, 0.2) is 38.6 Å². The van der Waals surface area contributed by atoms with Crippen molar-refractivity contribution in [1.82, 2.24) is 4.98 Å². The Balaban J connectivity index is 1.81. The van der Waals surface area contributed by atoms with Crippen molar-refractivity contribution in [1.29, 1.82) is 11.1 Å². The summed E-state index contributed by atoms with van der Waals surface area (Å²) in [6.07, 6.45) is 3.51. The van der Waals surface area contributed by atoms with Gasteiger partial charge in [-0.1, -0.05) is 0 Å². The van der Waals surface area contributed by atoms with Crippen molar-refractivity contribution in [2.24, 2.45) is 38.0 Å². The van der Waals surface area contributed by atoms with Gasteiger partial charge in [-0.3, -0.25) is 0 Å². The van der Waals surface area contributed by atoms with Crippen LogP contribution in [0.1, 0.15) is 36.1 Å². The number of rotatable bonds is 7. The minimum atomic E-state index is -0.317. The molecule has 2 aliphatic rings. The Bertz CT molecular complexity index is 1100.